The summed E-state index contributed by atoms with van der Waals surface area (Å²) < 4.78 is 5.37. The lowest BCUT2D eigenvalue weighted by atomic mass is 9.63. The van der Waals surface area contributed by atoms with Crippen LogP contribution in [-0.2, 0) is 9.53 Å². The number of rotatable bonds is 0. The van der Waals surface area contributed by atoms with E-state index in [4.69, 9.17) is 4.74 Å². The second kappa shape index (κ2) is 3.47. The lowest BCUT2D eigenvalue weighted by molar-refractivity contribution is -0.137. The van der Waals surface area contributed by atoms with Crippen LogP contribution in [0.3, 0.4) is 0 Å². The van der Waals surface area contributed by atoms with E-state index in [2.05, 4.69) is 26.5 Å². The molecule has 2 heteroatoms. The Bertz CT molecular complexity index is 421. The Kier molecular flexibility index (Phi) is 2.26. The van der Waals surface area contributed by atoms with E-state index in [9.17, 15) is 4.79 Å². The molecule has 17 heavy (non-hydrogen) atoms. The maximum Gasteiger partial charge on any atom is 0.334 e. The molecule has 4 unspecified atom stereocenters. The monoisotopic (exact) mass is 232 g/mol. The highest BCUT2D eigenvalue weighted by molar-refractivity contribution is 5.91. The van der Waals surface area contributed by atoms with Crippen LogP contribution >= 0.6 is 0 Å². The molecule has 1 saturated carbocycles. The van der Waals surface area contributed by atoms with Gasteiger partial charge in [-0.1, -0.05) is 25.5 Å². The highest BCUT2D eigenvalue weighted by atomic mass is 16.5. The number of carbonyl (C=O) groups excluding carboxylic acids is 1. The highest BCUT2D eigenvalue weighted by Gasteiger charge is 2.51. The van der Waals surface area contributed by atoms with E-state index in [0.29, 0.717) is 11.0 Å². The van der Waals surface area contributed by atoms with Crippen molar-refractivity contribution >= 4 is 5.97 Å². The molecule has 4 atom stereocenters. The van der Waals surface area contributed by atoms with Gasteiger partial charge in [-0.25, -0.2) is 4.79 Å². The topological polar surface area (TPSA) is 26.3 Å². The van der Waals surface area contributed by atoms with Crippen molar-refractivity contribution in [2.75, 3.05) is 0 Å². The van der Waals surface area contributed by atoms with Crippen LogP contribution in [-0.4, -0.2) is 12.1 Å². The van der Waals surface area contributed by atoms with E-state index in [1.54, 1.807) is 0 Å². The molecule has 3 rings (SSSR count). The van der Waals surface area contributed by atoms with Crippen molar-refractivity contribution in [3.8, 4) is 0 Å². The van der Waals surface area contributed by atoms with Crippen LogP contribution in [0.2, 0.25) is 0 Å². The van der Waals surface area contributed by atoms with Crippen LogP contribution in [0.25, 0.3) is 0 Å². The average Bonchev–Trinajstić information content (AvgIpc) is 2.76. The van der Waals surface area contributed by atoms with Gasteiger partial charge in [-0.2, -0.15) is 0 Å². The second-order valence-corrected chi connectivity index (χ2v) is 6.00. The summed E-state index contributed by atoms with van der Waals surface area (Å²) in [5, 5.41) is 0. The van der Waals surface area contributed by atoms with E-state index in [1.807, 2.05) is 0 Å². The molecule has 0 aromatic rings. The molecule has 0 radical (unpaired) electrons. The van der Waals surface area contributed by atoms with E-state index in [-0.39, 0.29) is 18.0 Å². The first kappa shape index (κ1) is 11.1. The molecule has 1 heterocycles. The van der Waals surface area contributed by atoms with Gasteiger partial charge in [-0.05, 0) is 43.6 Å². The highest BCUT2D eigenvalue weighted by Crippen LogP contribution is 2.57. The first-order valence-electron chi connectivity index (χ1n) is 6.63. The number of esters is 1. The number of ether oxygens (including phenoxy) is 1. The molecule has 1 saturated heterocycles. The van der Waals surface area contributed by atoms with E-state index < -0.39 is 0 Å². The van der Waals surface area contributed by atoms with Gasteiger partial charge in [0.15, 0.2) is 0 Å². The minimum Gasteiger partial charge on any atom is -0.454 e. The first-order chi connectivity index (χ1) is 8.04. The van der Waals surface area contributed by atoms with Gasteiger partial charge in [-0.15, -0.1) is 0 Å². The van der Waals surface area contributed by atoms with Gasteiger partial charge in [0, 0.05) is 11.5 Å². The van der Waals surface area contributed by atoms with Crippen LogP contribution in [0, 0.1) is 17.3 Å². The molecule has 0 N–H and O–H groups in total. The van der Waals surface area contributed by atoms with E-state index in [0.717, 1.165) is 12.3 Å². The van der Waals surface area contributed by atoms with Crippen molar-refractivity contribution in [1.29, 1.82) is 0 Å². The van der Waals surface area contributed by atoms with Gasteiger partial charge in [0.2, 0.25) is 0 Å². The fourth-order valence-electron chi connectivity index (χ4n) is 4.12. The third kappa shape index (κ3) is 1.36. The Labute approximate surface area is 103 Å². The molecule has 2 nitrogen and oxygen atoms in total. The molecule has 0 aromatic carbocycles. The second-order valence-electron chi connectivity index (χ2n) is 6.00. The summed E-state index contributed by atoms with van der Waals surface area (Å²) in [6, 6.07) is 0. The lowest BCUT2D eigenvalue weighted by Crippen LogP contribution is -2.35. The van der Waals surface area contributed by atoms with Crippen molar-refractivity contribution in [2.45, 2.75) is 45.6 Å². The third-order valence-corrected chi connectivity index (χ3v) is 5.34. The van der Waals surface area contributed by atoms with Crippen LogP contribution in [0.4, 0.5) is 0 Å². The summed E-state index contributed by atoms with van der Waals surface area (Å²) >= 11 is 0. The largest absolute Gasteiger partial charge is 0.454 e. The fraction of sp³-hybridized carbons (Fsp3) is 0.667. The first-order valence-corrected chi connectivity index (χ1v) is 6.63. The zero-order valence-corrected chi connectivity index (χ0v) is 10.7. The Morgan fingerprint density at radius 3 is 2.94 bits per heavy atom. The van der Waals surface area contributed by atoms with Crippen LogP contribution < -0.4 is 0 Å². The molecule has 1 spiro atoms. The van der Waals surface area contributed by atoms with E-state index in [1.165, 1.54) is 24.8 Å². The fourth-order valence-corrected chi connectivity index (χ4v) is 4.12. The minimum absolute atomic E-state index is 0.0339. The molecular formula is C15H20O2. The SMILES string of the molecule is C=C1C(=O)OC2C=C(C)C3(CCCC3C)CC12. The maximum absolute atomic E-state index is 11.6. The summed E-state index contributed by atoms with van der Waals surface area (Å²) in [6.07, 6.45) is 7.10. The average molecular weight is 232 g/mol. The van der Waals surface area contributed by atoms with Crippen molar-refractivity contribution in [3.63, 3.8) is 0 Å². The predicted octanol–water partition coefficient (Wildman–Crippen LogP) is 3.24. The summed E-state index contributed by atoms with van der Waals surface area (Å²) in [6.45, 7) is 8.49. The van der Waals surface area contributed by atoms with Gasteiger partial charge in [0.25, 0.3) is 0 Å². The molecule has 3 aliphatic rings. The van der Waals surface area contributed by atoms with Gasteiger partial charge in [0.1, 0.15) is 6.10 Å². The van der Waals surface area contributed by atoms with Gasteiger partial charge in [0.05, 0.1) is 0 Å². The molecule has 92 valence electrons. The Morgan fingerprint density at radius 1 is 1.53 bits per heavy atom. The summed E-state index contributed by atoms with van der Waals surface area (Å²) in [4.78, 5) is 11.6. The quantitative estimate of drug-likeness (QED) is 0.364. The molecule has 0 aromatic heterocycles. The lowest BCUT2D eigenvalue weighted by Gasteiger charge is -2.41. The molecule has 0 amide bonds. The van der Waals surface area contributed by atoms with Gasteiger partial charge in [-0.3, -0.25) is 0 Å². The number of fused-ring (bicyclic) bond motifs is 1. The van der Waals surface area contributed by atoms with Crippen LogP contribution in [0.15, 0.2) is 23.8 Å². The number of allylic oxidation sites excluding steroid dienone is 1. The zero-order chi connectivity index (χ0) is 12.2. The Balaban J connectivity index is 1.99. The van der Waals surface area contributed by atoms with E-state index >= 15 is 0 Å². The zero-order valence-electron chi connectivity index (χ0n) is 10.7. The summed E-state index contributed by atoms with van der Waals surface area (Å²) in [5.74, 6) is 0.765. The third-order valence-electron chi connectivity index (χ3n) is 5.34. The minimum atomic E-state index is -0.188. The molecule has 2 aliphatic carbocycles. The van der Waals surface area contributed by atoms with Crippen LogP contribution in [0.1, 0.15) is 39.5 Å². The van der Waals surface area contributed by atoms with Crippen molar-refractivity contribution in [1.82, 2.24) is 0 Å². The Morgan fingerprint density at radius 2 is 2.29 bits per heavy atom. The number of carbonyl (C=O) groups is 1. The standard InChI is InChI=1S/C15H20O2/c1-9-5-4-6-15(9)8-12-11(3)14(16)17-13(12)7-10(15)2/h7,9,12-13H,3-6,8H2,1-2H3. The van der Waals surface area contributed by atoms with Crippen LogP contribution in [0.5, 0.6) is 0 Å². The number of hydrogen-bond donors (Lipinski definition) is 0. The van der Waals surface area contributed by atoms with Crippen molar-refractivity contribution < 1.29 is 9.53 Å². The predicted molar refractivity (Wildman–Crippen MR) is 66.3 cm³/mol. The van der Waals surface area contributed by atoms with Crippen molar-refractivity contribution in [3.05, 3.63) is 23.8 Å². The maximum atomic E-state index is 11.6. The van der Waals surface area contributed by atoms with Gasteiger partial charge >= 0.3 is 5.97 Å². The normalized spacial score (nSPS) is 44.8. The molecule has 2 fully saturated rings. The molecule has 0 bridgehead atoms. The molecule has 1 aliphatic heterocycles. The summed E-state index contributed by atoms with van der Waals surface area (Å²) in [7, 11) is 0. The molecular weight excluding hydrogens is 212 g/mol. The summed E-state index contributed by atoms with van der Waals surface area (Å²) in [5.41, 5.74) is 2.45. The van der Waals surface area contributed by atoms with Crippen molar-refractivity contribution in [2.24, 2.45) is 17.3 Å². The van der Waals surface area contributed by atoms with Gasteiger partial charge < -0.3 is 4.74 Å². The number of hydrogen-bond acceptors (Lipinski definition) is 2. The Hall–Kier alpha value is -1.05. The smallest absolute Gasteiger partial charge is 0.334 e.